The summed E-state index contributed by atoms with van der Waals surface area (Å²) in [7, 11) is 1.59. The fourth-order valence-electron chi connectivity index (χ4n) is 1.12. The van der Waals surface area contributed by atoms with Crippen LogP contribution in [0, 0.1) is 5.92 Å². The number of nitrogens with one attached hydrogen (secondary N) is 1. The van der Waals surface area contributed by atoms with Crippen LogP contribution in [0.15, 0.2) is 12.1 Å². The predicted molar refractivity (Wildman–Crippen MR) is 63.1 cm³/mol. The molecule has 15 heavy (non-hydrogen) atoms. The van der Waals surface area contributed by atoms with Gasteiger partial charge in [-0.15, -0.1) is 0 Å². The van der Waals surface area contributed by atoms with Gasteiger partial charge in [0.05, 0.1) is 12.8 Å². The molecular weight excluding hydrogens is 190 g/mol. The number of nitrogen functional groups attached to an aromatic ring is 1. The van der Waals surface area contributed by atoms with E-state index >= 15 is 0 Å². The van der Waals surface area contributed by atoms with Crippen molar-refractivity contribution in [2.24, 2.45) is 5.92 Å². The van der Waals surface area contributed by atoms with Gasteiger partial charge in [-0.2, -0.15) is 4.98 Å². The Bertz CT molecular complexity index is 315. The summed E-state index contributed by atoms with van der Waals surface area (Å²) in [5.74, 6) is 1.89. The van der Waals surface area contributed by atoms with Gasteiger partial charge in [-0.1, -0.05) is 20.3 Å². The Morgan fingerprint density at radius 2 is 2.27 bits per heavy atom. The van der Waals surface area contributed by atoms with Crippen molar-refractivity contribution >= 4 is 11.5 Å². The number of nitrogens with two attached hydrogens (primary N) is 1. The van der Waals surface area contributed by atoms with Crippen molar-refractivity contribution in [1.29, 1.82) is 0 Å². The summed E-state index contributed by atoms with van der Waals surface area (Å²) in [4.78, 5) is 4.24. The molecule has 3 N–H and O–H groups in total. The van der Waals surface area contributed by atoms with Crippen LogP contribution in [-0.4, -0.2) is 18.6 Å². The van der Waals surface area contributed by atoms with Crippen LogP contribution in [-0.2, 0) is 0 Å². The van der Waals surface area contributed by atoms with Gasteiger partial charge in [0.2, 0.25) is 5.88 Å². The van der Waals surface area contributed by atoms with E-state index in [0.717, 1.165) is 13.0 Å². The average Bonchev–Trinajstić information content (AvgIpc) is 2.27. The second-order valence-corrected chi connectivity index (χ2v) is 3.69. The van der Waals surface area contributed by atoms with E-state index in [0.29, 0.717) is 23.3 Å². The van der Waals surface area contributed by atoms with Crippen LogP contribution in [0.4, 0.5) is 11.5 Å². The van der Waals surface area contributed by atoms with Gasteiger partial charge in [0.1, 0.15) is 0 Å². The SMILES string of the molecule is CCC(C)CNc1nc(OC)ccc1N. The molecule has 1 aromatic heterocycles. The first-order valence-corrected chi connectivity index (χ1v) is 5.21. The Kier molecular flexibility index (Phi) is 4.21. The molecule has 1 rings (SSSR count). The van der Waals surface area contributed by atoms with E-state index in [-0.39, 0.29) is 0 Å². The average molecular weight is 209 g/mol. The molecule has 0 aliphatic heterocycles. The molecule has 0 bridgehead atoms. The summed E-state index contributed by atoms with van der Waals surface area (Å²) in [6, 6.07) is 3.55. The first-order chi connectivity index (χ1) is 7.17. The van der Waals surface area contributed by atoms with Gasteiger partial charge in [0, 0.05) is 12.6 Å². The van der Waals surface area contributed by atoms with Crippen LogP contribution in [0.3, 0.4) is 0 Å². The summed E-state index contributed by atoms with van der Waals surface area (Å²) in [6.07, 6.45) is 1.14. The molecule has 0 saturated carbocycles. The molecule has 0 spiro atoms. The van der Waals surface area contributed by atoms with Crippen molar-refractivity contribution in [3.8, 4) is 5.88 Å². The Balaban J connectivity index is 2.66. The minimum absolute atomic E-state index is 0.579. The van der Waals surface area contributed by atoms with Gasteiger partial charge in [-0.05, 0) is 12.0 Å². The van der Waals surface area contributed by atoms with E-state index in [2.05, 4.69) is 24.1 Å². The van der Waals surface area contributed by atoms with Crippen molar-refractivity contribution < 1.29 is 4.74 Å². The molecule has 0 saturated heterocycles. The van der Waals surface area contributed by atoms with Crippen LogP contribution in [0.2, 0.25) is 0 Å². The van der Waals surface area contributed by atoms with Gasteiger partial charge in [0.25, 0.3) is 0 Å². The van der Waals surface area contributed by atoms with Crippen LogP contribution in [0.5, 0.6) is 5.88 Å². The number of anilines is 2. The fraction of sp³-hybridized carbons (Fsp3) is 0.545. The number of hydrogen-bond acceptors (Lipinski definition) is 4. The molecule has 1 atom stereocenters. The fourth-order valence-corrected chi connectivity index (χ4v) is 1.12. The van der Waals surface area contributed by atoms with Crippen molar-refractivity contribution in [3.05, 3.63) is 12.1 Å². The number of nitrogens with zero attached hydrogens (tertiary/aromatic N) is 1. The number of ether oxygens (including phenoxy) is 1. The first kappa shape index (κ1) is 11.6. The van der Waals surface area contributed by atoms with Gasteiger partial charge in [-0.3, -0.25) is 0 Å². The zero-order valence-electron chi connectivity index (χ0n) is 9.58. The largest absolute Gasteiger partial charge is 0.481 e. The molecule has 1 heterocycles. The predicted octanol–water partition coefficient (Wildman–Crippen LogP) is 2.13. The lowest BCUT2D eigenvalue weighted by atomic mass is 10.1. The molecule has 4 nitrogen and oxygen atoms in total. The third-order valence-corrected chi connectivity index (χ3v) is 2.42. The van der Waals surface area contributed by atoms with Crippen molar-refractivity contribution in [3.63, 3.8) is 0 Å². The molecule has 0 aliphatic carbocycles. The van der Waals surface area contributed by atoms with Crippen LogP contribution in [0.1, 0.15) is 20.3 Å². The number of pyridine rings is 1. The summed E-state index contributed by atoms with van der Waals surface area (Å²) >= 11 is 0. The normalized spacial score (nSPS) is 12.2. The Hall–Kier alpha value is -1.45. The first-order valence-electron chi connectivity index (χ1n) is 5.21. The lowest BCUT2D eigenvalue weighted by molar-refractivity contribution is 0.398. The molecule has 0 aliphatic rings. The molecule has 1 aromatic rings. The lowest BCUT2D eigenvalue weighted by Crippen LogP contribution is -2.12. The second kappa shape index (κ2) is 5.44. The van der Waals surface area contributed by atoms with E-state index in [1.54, 1.807) is 19.2 Å². The minimum atomic E-state index is 0.579. The summed E-state index contributed by atoms with van der Waals surface area (Å²) in [5, 5.41) is 3.22. The Labute approximate surface area is 90.8 Å². The molecule has 4 heteroatoms. The van der Waals surface area contributed by atoms with Crippen molar-refractivity contribution in [2.75, 3.05) is 24.7 Å². The van der Waals surface area contributed by atoms with Gasteiger partial charge in [-0.25, -0.2) is 0 Å². The monoisotopic (exact) mass is 209 g/mol. The number of rotatable bonds is 5. The Morgan fingerprint density at radius 3 is 2.87 bits per heavy atom. The zero-order valence-corrected chi connectivity index (χ0v) is 9.58. The molecule has 0 aromatic carbocycles. The Morgan fingerprint density at radius 1 is 1.53 bits per heavy atom. The smallest absolute Gasteiger partial charge is 0.215 e. The number of methoxy groups -OCH3 is 1. The van der Waals surface area contributed by atoms with E-state index in [1.165, 1.54) is 0 Å². The lowest BCUT2D eigenvalue weighted by Gasteiger charge is -2.12. The van der Waals surface area contributed by atoms with E-state index in [4.69, 9.17) is 10.5 Å². The molecule has 1 unspecified atom stereocenters. The molecule has 84 valence electrons. The quantitative estimate of drug-likeness (QED) is 0.780. The maximum absolute atomic E-state index is 5.79. The summed E-state index contributed by atoms with van der Waals surface area (Å²) in [6.45, 7) is 5.22. The highest BCUT2D eigenvalue weighted by Crippen LogP contribution is 2.19. The minimum Gasteiger partial charge on any atom is -0.481 e. The van der Waals surface area contributed by atoms with Crippen LogP contribution in [0.25, 0.3) is 0 Å². The maximum atomic E-state index is 5.79. The summed E-state index contributed by atoms with van der Waals surface area (Å²) < 4.78 is 5.04. The maximum Gasteiger partial charge on any atom is 0.215 e. The van der Waals surface area contributed by atoms with Crippen LogP contribution >= 0.6 is 0 Å². The van der Waals surface area contributed by atoms with Gasteiger partial charge >= 0.3 is 0 Å². The zero-order chi connectivity index (χ0) is 11.3. The third kappa shape index (κ3) is 3.31. The highest BCUT2D eigenvalue weighted by Gasteiger charge is 2.04. The molecular formula is C11H19N3O. The molecule has 0 amide bonds. The highest BCUT2D eigenvalue weighted by atomic mass is 16.5. The highest BCUT2D eigenvalue weighted by molar-refractivity contribution is 5.61. The standard InChI is InChI=1S/C11H19N3O/c1-4-8(2)7-13-11-9(12)5-6-10(14-11)15-3/h5-6,8H,4,7,12H2,1-3H3,(H,13,14). The third-order valence-electron chi connectivity index (χ3n) is 2.42. The van der Waals surface area contributed by atoms with E-state index < -0.39 is 0 Å². The van der Waals surface area contributed by atoms with Crippen molar-refractivity contribution in [1.82, 2.24) is 4.98 Å². The van der Waals surface area contributed by atoms with Crippen LogP contribution < -0.4 is 15.8 Å². The van der Waals surface area contributed by atoms with Gasteiger partial charge < -0.3 is 15.8 Å². The van der Waals surface area contributed by atoms with Crippen molar-refractivity contribution in [2.45, 2.75) is 20.3 Å². The second-order valence-electron chi connectivity index (χ2n) is 3.69. The molecule has 0 radical (unpaired) electrons. The molecule has 0 fully saturated rings. The van der Waals surface area contributed by atoms with Gasteiger partial charge in [0.15, 0.2) is 5.82 Å². The number of hydrogen-bond donors (Lipinski definition) is 2. The van der Waals surface area contributed by atoms with E-state index in [9.17, 15) is 0 Å². The number of aromatic nitrogens is 1. The summed E-state index contributed by atoms with van der Waals surface area (Å²) in [5.41, 5.74) is 6.44. The topological polar surface area (TPSA) is 60.2 Å². The van der Waals surface area contributed by atoms with E-state index in [1.807, 2.05) is 0 Å².